The van der Waals surface area contributed by atoms with E-state index in [2.05, 4.69) is 17.2 Å². The number of nitrogens with one attached hydrogen (secondary N) is 1. The molecule has 0 bridgehead atoms. The van der Waals surface area contributed by atoms with Crippen LogP contribution in [0.4, 0.5) is 0 Å². The summed E-state index contributed by atoms with van der Waals surface area (Å²) in [4.78, 5) is 4.32. The molecule has 1 N–H and O–H groups in total. The van der Waals surface area contributed by atoms with Crippen LogP contribution >= 0.6 is 0 Å². The third kappa shape index (κ3) is 3.66. The fraction of sp³-hybridized carbons (Fsp3) is 0.400. The summed E-state index contributed by atoms with van der Waals surface area (Å²) >= 11 is 0. The number of ether oxygens (including phenoxy) is 2. The Morgan fingerprint density at radius 2 is 2.11 bits per heavy atom. The fourth-order valence-corrected chi connectivity index (χ4v) is 2.05. The Balaban J connectivity index is 2.08. The van der Waals surface area contributed by atoms with Crippen molar-refractivity contribution in [1.29, 1.82) is 0 Å². The molecule has 0 saturated carbocycles. The van der Waals surface area contributed by atoms with Crippen LogP contribution in [0, 0.1) is 0 Å². The third-order valence-electron chi connectivity index (χ3n) is 2.91. The minimum atomic E-state index is 0.196. The Morgan fingerprint density at radius 1 is 1.21 bits per heavy atom. The average molecular weight is 260 g/mol. The highest BCUT2D eigenvalue weighted by molar-refractivity contribution is 5.84. The van der Waals surface area contributed by atoms with E-state index in [0.717, 1.165) is 23.2 Å². The molecule has 102 valence electrons. The number of hydrogen-bond acceptors (Lipinski definition) is 4. The topological polar surface area (TPSA) is 43.4 Å². The van der Waals surface area contributed by atoms with Crippen molar-refractivity contribution in [2.45, 2.75) is 13.0 Å². The van der Waals surface area contributed by atoms with E-state index in [4.69, 9.17) is 9.47 Å². The number of pyridine rings is 1. The summed E-state index contributed by atoms with van der Waals surface area (Å²) < 4.78 is 11.1. The van der Waals surface area contributed by atoms with Crippen LogP contribution in [0.25, 0.3) is 10.9 Å². The second kappa shape index (κ2) is 7.07. The van der Waals surface area contributed by atoms with Gasteiger partial charge in [0.25, 0.3) is 0 Å². The lowest BCUT2D eigenvalue weighted by molar-refractivity contribution is 0.137. The van der Waals surface area contributed by atoms with Crippen LogP contribution in [-0.2, 0) is 4.74 Å². The van der Waals surface area contributed by atoms with Crippen molar-refractivity contribution in [2.75, 3.05) is 26.9 Å². The number of nitrogens with zero attached hydrogens (tertiary/aromatic N) is 1. The monoisotopic (exact) mass is 260 g/mol. The van der Waals surface area contributed by atoms with E-state index in [9.17, 15) is 0 Å². The molecule has 1 atom stereocenters. The predicted octanol–water partition coefficient (Wildman–Crippen LogP) is 2.24. The lowest BCUT2D eigenvalue weighted by atomic mass is 10.2. The van der Waals surface area contributed by atoms with Crippen molar-refractivity contribution >= 4 is 10.9 Å². The number of rotatable bonds is 7. The molecule has 1 unspecified atom stereocenters. The van der Waals surface area contributed by atoms with E-state index >= 15 is 0 Å². The molecular weight excluding hydrogens is 240 g/mol. The Kier molecular flexibility index (Phi) is 5.12. The van der Waals surface area contributed by atoms with E-state index < -0.39 is 0 Å². The molecule has 0 aliphatic rings. The molecular formula is C15H20N2O2. The molecule has 1 aromatic heterocycles. The number of fused-ring (bicyclic) bond motifs is 1. The van der Waals surface area contributed by atoms with Crippen molar-refractivity contribution in [3.63, 3.8) is 0 Å². The van der Waals surface area contributed by atoms with Gasteiger partial charge in [0.1, 0.15) is 12.4 Å². The minimum Gasteiger partial charge on any atom is -0.491 e. The van der Waals surface area contributed by atoms with Crippen LogP contribution in [-0.4, -0.2) is 37.9 Å². The molecule has 0 amide bonds. The zero-order valence-electron chi connectivity index (χ0n) is 11.4. The van der Waals surface area contributed by atoms with E-state index in [0.29, 0.717) is 13.2 Å². The smallest absolute Gasteiger partial charge is 0.128 e. The number of hydrogen-bond donors (Lipinski definition) is 1. The Bertz CT molecular complexity index is 505. The van der Waals surface area contributed by atoms with Gasteiger partial charge in [-0.15, -0.1) is 0 Å². The van der Waals surface area contributed by atoms with Gasteiger partial charge in [-0.1, -0.05) is 13.0 Å². The predicted molar refractivity (Wildman–Crippen MR) is 76.6 cm³/mol. The molecule has 4 nitrogen and oxygen atoms in total. The van der Waals surface area contributed by atoms with E-state index in [1.807, 2.05) is 30.3 Å². The maximum Gasteiger partial charge on any atom is 0.128 e. The molecule has 0 radical (unpaired) electrons. The summed E-state index contributed by atoms with van der Waals surface area (Å²) in [7, 11) is 1.70. The Hall–Kier alpha value is -1.65. The van der Waals surface area contributed by atoms with Crippen LogP contribution in [0.2, 0.25) is 0 Å². The maximum absolute atomic E-state index is 5.90. The molecule has 0 saturated heterocycles. The van der Waals surface area contributed by atoms with Gasteiger partial charge in [0.15, 0.2) is 0 Å². The minimum absolute atomic E-state index is 0.196. The summed E-state index contributed by atoms with van der Waals surface area (Å²) in [5, 5.41) is 4.38. The van der Waals surface area contributed by atoms with Gasteiger partial charge in [-0.25, -0.2) is 0 Å². The number of methoxy groups -OCH3 is 1. The second-order valence-corrected chi connectivity index (χ2v) is 4.35. The molecule has 19 heavy (non-hydrogen) atoms. The fourth-order valence-electron chi connectivity index (χ4n) is 2.05. The first kappa shape index (κ1) is 13.8. The highest BCUT2D eigenvalue weighted by Crippen LogP contribution is 2.23. The molecule has 0 spiro atoms. The molecule has 2 aromatic rings. The van der Waals surface area contributed by atoms with E-state index in [-0.39, 0.29) is 6.04 Å². The third-order valence-corrected chi connectivity index (χ3v) is 2.91. The first-order valence-corrected chi connectivity index (χ1v) is 6.54. The zero-order valence-corrected chi connectivity index (χ0v) is 11.4. The van der Waals surface area contributed by atoms with Gasteiger partial charge in [0, 0.05) is 18.7 Å². The van der Waals surface area contributed by atoms with Gasteiger partial charge >= 0.3 is 0 Å². The standard InChI is InChI=1S/C15H20N2O2/c1-3-16-12(10-18-2)11-19-15-8-4-7-14-13(15)6-5-9-17-14/h4-9,12,16H,3,10-11H2,1-2H3. The number of aromatic nitrogens is 1. The summed E-state index contributed by atoms with van der Waals surface area (Å²) in [6, 6.07) is 10.1. The molecule has 0 aliphatic carbocycles. The molecule has 2 rings (SSSR count). The van der Waals surface area contributed by atoms with Crippen molar-refractivity contribution in [2.24, 2.45) is 0 Å². The van der Waals surface area contributed by atoms with Crippen molar-refractivity contribution < 1.29 is 9.47 Å². The normalized spacial score (nSPS) is 12.5. The van der Waals surface area contributed by atoms with Crippen LogP contribution < -0.4 is 10.1 Å². The summed E-state index contributed by atoms with van der Waals surface area (Å²) in [5.74, 6) is 0.865. The maximum atomic E-state index is 5.90. The lowest BCUT2D eigenvalue weighted by Gasteiger charge is -2.18. The largest absolute Gasteiger partial charge is 0.491 e. The van der Waals surface area contributed by atoms with Crippen LogP contribution in [0.3, 0.4) is 0 Å². The van der Waals surface area contributed by atoms with E-state index in [1.165, 1.54) is 0 Å². The zero-order chi connectivity index (χ0) is 13.5. The number of likely N-dealkylation sites (N-methyl/N-ethyl adjacent to an activating group) is 1. The highest BCUT2D eigenvalue weighted by Gasteiger charge is 2.09. The molecule has 4 heteroatoms. The van der Waals surface area contributed by atoms with Gasteiger partial charge in [-0.3, -0.25) is 4.98 Å². The van der Waals surface area contributed by atoms with Crippen molar-refractivity contribution in [3.05, 3.63) is 36.5 Å². The van der Waals surface area contributed by atoms with Crippen molar-refractivity contribution in [1.82, 2.24) is 10.3 Å². The second-order valence-electron chi connectivity index (χ2n) is 4.35. The molecule has 1 heterocycles. The summed E-state index contributed by atoms with van der Waals surface area (Å²) in [6.07, 6.45) is 1.79. The molecule has 0 aliphatic heterocycles. The van der Waals surface area contributed by atoms with Crippen LogP contribution in [0.15, 0.2) is 36.5 Å². The highest BCUT2D eigenvalue weighted by atomic mass is 16.5. The van der Waals surface area contributed by atoms with Gasteiger partial charge in [0.05, 0.1) is 18.2 Å². The average Bonchev–Trinajstić information content (AvgIpc) is 2.45. The lowest BCUT2D eigenvalue weighted by Crippen LogP contribution is -2.38. The Labute approximate surface area is 113 Å². The van der Waals surface area contributed by atoms with Gasteiger partial charge in [0.2, 0.25) is 0 Å². The quantitative estimate of drug-likeness (QED) is 0.829. The van der Waals surface area contributed by atoms with Crippen molar-refractivity contribution in [3.8, 4) is 5.75 Å². The van der Waals surface area contributed by atoms with Crippen LogP contribution in [0.1, 0.15) is 6.92 Å². The summed E-state index contributed by atoms with van der Waals surface area (Å²) in [6.45, 7) is 4.19. The van der Waals surface area contributed by atoms with Crippen LogP contribution in [0.5, 0.6) is 5.75 Å². The first-order chi connectivity index (χ1) is 9.35. The summed E-state index contributed by atoms with van der Waals surface area (Å²) in [5.41, 5.74) is 0.951. The molecule has 0 fully saturated rings. The molecule has 1 aromatic carbocycles. The van der Waals surface area contributed by atoms with Gasteiger partial charge in [-0.2, -0.15) is 0 Å². The van der Waals surface area contributed by atoms with E-state index in [1.54, 1.807) is 13.3 Å². The first-order valence-electron chi connectivity index (χ1n) is 6.54. The number of benzene rings is 1. The Morgan fingerprint density at radius 3 is 2.89 bits per heavy atom. The van der Waals surface area contributed by atoms with Gasteiger partial charge < -0.3 is 14.8 Å². The van der Waals surface area contributed by atoms with Gasteiger partial charge in [-0.05, 0) is 30.8 Å². The SMILES string of the molecule is CCNC(COC)COc1cccc2ncccc12.